The van der Waals surface area contributed by atoms with Crippen molar-refractivity contribution >= 4 is 10.0 Å². The van der Waals surface area contributed by atoms with Crippen molar-refractivity contribution < 1.29 is 17.6 Å². The van der Waals surface area contributed by atoms with E-state index in [1.54, 1.807) is 13.8 Å². The van der Waals surface area contributed by atoms with Crippen LogP contribution in [-0.4, -0.2) is 27.2 Å². The fourth-order valence-electron chi connectivity index (χ4n) is 2.08. The van der Waals surface area contributed by atoms with E-state index < -0.39 is 15.6 Å². The smallest absolute Gasteiger partial charge is 0.244 e. The minimum absolute atomic E-state index is 0.119. The Labute approximate surface area is 120 Å². The lowest BCUT2D eigenvalue weighted by Crippen LogP contribution is -2.40. The zero-order valence-electron chi connectivity index (χ0n) is 12.7. The molecule has 0 atom stereocenters. The van der Waals surface area contributed by atoms with Crippen LogP contribution < -0.4 is 10.5 Å². The third-order valence-electron chi connectivity index (χ3n) is 3.02. The van der Waals surface area contributed by atoms with Gasteiger partial charge in [-0.05, 0) is 34.6 Å². The maximum Gasteiger partial charge on any atom is 0.244 e. The van der Waals surface area contributed by atoms with E-state index in [1.807, 2.05) is 20.8 Å². The van der Waals surface area contributed by atoms with Crippen LogP contribution in [0.4, 0.5) is 0 Å². The molecule has 1 rings (SSSR count). The quantitative estimate of drug-likeness (QED) is 0.795. The van der Waals surface area contributed by atoms with E-state index in [0.717, 1.165) is 0 Å². The van der Waals surface area contributed by atoms with Gasteiger partial charge in [0.15, 0.2) is 0 Å². The third kappa shape index (κ3) is 3.82. The topological polar surface area (TPSA) is 94.6 Å². The first-order valence-corrected chi connectivity index (χ1v) is 8.05. The zero-order valence-corrected chi connectivity index (χ0v) is 13.6. The molecule has 0 radical (unpaired) electrons. The van der Waals surface area contributed by atoms with E-state index in [1.165, 1.54) is 0 Å². The Balaban J connectivity index is 3.01. The first-order chi connectivity index (χ1) is 9.14. The van der Waals surface area contributed by atoms with Gasteiger partial charge >= 0.3 is 0 Å². The van der Waals surface area contributed by atoms with Gasteiger partial charge in [-0.15, -0.1) is 0 Å². The third-order valence-corrected chi connectivity index (χ3v) is 4.62. The van der Waals surface area contributed by atoms with Gasteiger partial charge in [-0.2, -0.15) is 0 Å². The Morgan fingerprint density at radius 3 is 2.40 bits per heavy atom. The Hall–Kier alpha value is -0.890. The summed E-state index contributed by atoms with van der Waals surface area (Å²) in [5, 5.41) is 0. The second kappa shape index (κ2) is 6.26. The van der Waals surface area contributed by atoms with E-state index in [-0.39, 0.29) is 18.0 Å². The molecule has 0 saturated heterocycles. The summed E-state index contributed by atoms with van der Waals surface area (Å²) in [6, 6.07) is 0. The monoisotopic (exact) mass is 304 g/mol. The average Bonchev–Trinajstić information content (AvgIpc) is 2.62. The van der Waals surface area contributed by atoms with E-state index in [0.29, 0.717) is 23.7 Å². The number of sulfonamides is 1. The van der Waals surface area contributed by atoms with Gasteiger partial charge in [0.05, 0.1) is 5.60 Å². The zero-order chi connectivity index (χ0) is 15.6. The molecule has 0 spiro atoms. The molecule has 1 heterocycles. The number of nitrogens with one attached hydrogen (secondary N) is 1. The van der Waals surface area contributed by atoms with E-state index in [4.69, 9.17) is 14.9 Å². The van der Waals surface area contributed by atoms with E-state index in [2.05, 4.69) is 4.72 Å². The molecule has 0 aromatic carbocycles. The number of aryl methyl sites for hydroxylation is 2. The molecule has 7 heteroatoms. The molecule has 1 aromatic rings. The number of furan rings is 1. The van der Waals surface area contributed by atoms with Crippen LogP contribution in [0, 0.1) is 13.8 Å². The molecule has 0 bridgehead atoms. The Morgan fingerprint density at radius 1 is 1.30 bits per heavy atom. The van der Waals surface area contributed by atoms with Gasteiger partial charge in [0, 0.05) is 25.3 Å². The average molecular weight is 304 g/mol. The Morgan fingerprint density at radius 2 is 1.90 bits per heavy atom. The number of ether oxygens (including phenoxy) is 1. The van der Waals surface area contributed by atoms with Crippen molar-refractivity contribution in [3.8, 4) is 0 Å². The molecule has 0 aliphatic rings. The van der Waals surface area contributed by atoms with Gasteiger partial charge in [-0.1, -0.05) is 0 Å². The molecule has 1 aromatic heterocycles. The molecular formula is C13H24N2O4S. The van der Waals surface area contributed by atoms with Crippen molar-refractivity contribution in [2.24, 2.45) is 5.73 Å². The molecule has 0 aliphatic carbocycles. The molecular weight excluding hydrogens is 280 g/mol. The van der Waals surface area contributed by atoms with Gasteiger partial charge in [0.25, 0.3) is 0 Å². The summed E-state index contributed by atoms with van der Waals surface area (Å²) in [6.45, 7) is 9.67. The van der Waals surface area contributed by atoms with Crippen LogP contribution >= 0.6 is 0 Å². The predicted molar refractivity (Wildman–Crippen MR) is 77.0 cm³/mol. The summed E-state index contributed by atoms with van der Waals surface area (Å²) < 4.78 is 38.2. The van der Waals surface area contributed by atoms with Crippen molar-refractivity contribution in [1.29, 1.82) is 0 Å². The van der Waals surface area contributed by atoms with Crippen LogP contribution in [0.15, 0.2) is 9.31 Å². The van der Waals surface area contributed by atoms with E-state index >= 15 is 0 Å². The van der Waals surface area contributed by atoms with Gasteiger partial charge in [0.1, 0.15) is 16.4 Å². The second-order valence-electron chi connectivity index (χ2n) is 5.24. The van der Waals surface area contributed by atoms with Crippen molar-refractivity contribution in [2.45, 2.75) is 51.7 Å². The summed E-state index contributed by atoms with van der Waals surface area (Å²) >= 11 is 0. The normalized spacial score (nSPS) is 12.9. The second-order valence-corrected chi connectivity index (χ2v) is 6.95. The highest BCUT2D eigenvalue weighted by molar-refractivity contribution is 7.89. The first-order valence-electron chi connectivity index (χ1n) is 6.57. The lowest BCUT2D eigenvalue weighted by atomic mass is 10.1. The highest BCUT2D eigenvalue weighted by Crippen LogP contribution is 2.26. The summed E-state index contributed by atoms with van der Waals surface area (Å²) in [5.41, 5.74) is 5.56. The lowest BCUT2D eigenvalue weighted by molar-refractivity contribution is -0.00515. The van der Waals surface area contributed by atoms with Crippen LogP contribution in [0.25, 0.3) is 0 Å². The highest BCUT2D eigenvalue weighted by atomic mass is 32.2. The Bertz CT molecular complexity index is 561. The van der Waals surface area contributed by atoms with Crippen LogP contribution in [0.1, 0.15) is 37.9 Å². The van der Waals surface area contributed by atoms with Crippen molar-refractivity contribution in [3.63, 3.8) is 0 Å². The summed E-state index contributed by atoms with van der Waals surface area (Å²) in [6.07, 6.45) is 0. The van der Waals surface area contributed by atoms with Gasteiger partial charge in [0.2, 0.25) is 10.0 Å². The first kappa shape index (κ1) is 17.2. The van der Waals surface area contributed by atoms with E-state index in [9.17, 15) is 8.42 Å². The maximum atomic E-state index is 12.4. The predicted octanol–water partition coefficient (Wildman–Crippen LogP) is 1.45. The molecule has 0 aliphatic heterocycles. The molecule has 116 valence electrons. The minimum Gasteiger partial charge on any atom is -0.465 e. The van der Waals surface area contributed by atoms with Crippen LogP contribution in [0.3, 0.4) is 0 Å². The number of hydrogen-bond donors (Lipinski definition) is 2. The Kier molecular flexibility index (Phi) is 5.37. The molecule has 3 N–H and O–H groups in total. The van der Waals surface area contributed by atoms with Crippen molar-refractivity contribution in [1.82, 2.24) is 4.72 Å². The SMILES string of the molecule is CCOC(C)(C)CNS(=O)(=O)c1c(C)oc(C)c1CN. The molecule has 20 heavy (non-hydrogen) atoms. The van der Waals surface area contributed by atoms with Crippen molar-refractivity contribution in [2.75, 3.05) is 13.2 Å². The summed E-state index contributed by atoms with van der Waals surface area (Å²) in [7, 11) is -3.67. The van der Waals surface area contributed by atoms with Crippen LogP contribution in [-0.2, 0) is 21.3 Å². The number of rotatable bonds is 7. The molecule has 0 amide bonds. The molecule has 6 nitrogen and oxygen atoms in total. The van der Waals surface area contributed by atoms with Gasteiger partial charge in [-0.3, -0.25) is 0 Å². The molecule has 0 unspecified atom stereocenters. The van der Waals surface area contributed by atoms with Crippen molar-refractivity contribution in [3.05, 3.63) is 17.1 Å². The van der Waals surface area contributed by atoms with Crippen LogP contribution in [0.5, 0.6) is 0 Å². The largest absolute Gasteiger partial charge is 0.465 e. The highest BCUT2D eigenvalue weighted by Gasteiger charge is 2.28. The standard InChI is InChI=1S/C13H24N2O4S/c1-6-18-13(4,5)8-15-20(16,17)12-10(3)19-9(2)11(12)7-14/h15H,6-8,14H2,1-5H3. The molecule has 0 saturated carbocycles. The maximum absolute atomic E-state index is 12.4. The molecule has 0 fully saturated rings. The van der Waals surface area contributed by atoms with Gasteiger partial charge in [-0.25, -0.2) is 13.1 Å². The fourth-order valence-corrected chi connectivity index (χ4v) is 3.73. The minimum atomic E-state index is -3.67. The number of hydrogen-bond acceptors (Lipinski definition) is 5. The summed E-state index contributed by atoms with van der Waals surface area (Å²) in [5.74, 6) is 0.888. The van der Waals surface area contributed by atoms with Gasteiger partial charge < -0.3 is 14.9 Å². The van der Waals surface area contributed by atoms with Crippen LogP contribution in [0.2, 0.25) is 0 Å². The lowest BCUT2D eigenvalue weighted by Gasteiger charge is -2.24. The summed E-state index contributed by atoms with van der Waals surface area (Å²) in [4.78, 5) is 0.143. The fraction of sp³-hybridized carbons (Fsp3) is 0.692. The number of nitrogens with two attached hydrogens (primary N) is 1.